The predicted octanol–water partition coefficient (Wildman–Crippen LogP) is 5.47. The SMILES string of the molecule is COc1cccc2cc(S(=O)(=O)c3ccccc3)c(=Nc3ccc(C)c(Cl)c3)oc12. The van der Waals surface area contributed by atoms with E-state index in [0.717, 1.165) is 5.56 Å². The minimum atomic E-state index is -3.88. The van der Waals surface area contributed by atoms with E-state index in [9.17, 15) is 8.42 Å². The minimum Gasteiger partial charge on any atom is -0.493 e. The normalized spacial score (nSPS) is 12.3. The molecule has 1 heterocycles. The van der Waals surface area contributed by atoms with Gasteiger partial charge in [-0.3, -0.25) is 0 Å². The molecule has 0 fully saturated rings. The second-order valence-electron chi connectivity index (χ2n) is 6.66. The first kappa shape index (κ1) is 20.2. The Morgan fingerprint density at radius 3 is 2.43 bits per heavy atom. The van der Waals surface area contributed by atoms with E-state index in [1.54, 1.807) is 54.6 Å². The maximum atomic E-state index is 13.4. The van der Waals surface area contributed by atoms with Crippen LogP contribution in [0.4, 0.5) is 5.69 Å². The molecule has 0 saturated heterocycles. The Balaban J connectivity index is 2.07. The average molecular weight is 440 g/mol. The van der Waals surface area contributed by atoms with Crippen LogP contribution in [0, 0.1) is 6.92 Å². The summed E-state index contributed by atoms with van der Waals surface area (Å²) in [6, 6.07) is 20.2. The molecule has 0 spiro atoms. The lowest BCUT2D eigenvalue weighted by molar-refractivity contribution is 0.404. The number of halogens is 1. The number of ether oxygens (including phenoxy) is 1. The van der Waals surface area contributed by atoms with Gasteiger partial charge < -0.3 is 9.15 Å². The summed E-state index contributed by atoms with van der Waals surface area (Å²) >= 11 is 6.22. The summed E-state index contributed by atoms with van der Waals surface area (Å²) in [4.78, 5) is 4.59. The molecule has 4 aromatic rings. The van der Waals surface area contributed by atoms with E-state index in [2.05, 4.69) is 4.99 Å². The first-order valence-corrected chi connectivity index (χ1v) is 11.0. The van der Waals surface area contributed by atoms with Crippen LogP contribution in [0.25, 0.3) is 11.0 Å². The van der Waals surface area contributed by atoms with Crippen LogP contribution in [0.15, 0.2) is 92.0 Å². The summed E-state index contributed by atoms with van der Waals surface area (Å²) in [6.45, 7) is 1.88. The third kappa shape index (κ3) is 3.72. The zero-order chi connectivity index (χ0) is 21.3. The molecule has 1 aromatic heterocycles. The van der Waals surface area contributed by atoms with Crippen molar-refractivity contribution >= 4 is 38.1 Å². The molecular formula is C23H18ClNO4S. The standard InChI is InChI=1S/C23H18ClNO4S/c1-15-11-12-17(14-19(15)24)25-23-21(30(26,27)18-8-4-3-5-9-18)13-16-7-6-10-20(28-2)22(16)29-23/h3-14H,1-2H3. The summed E-state index contributed by atoms with van der Waals surface area (Å²) < 4.78 is 38.1. The number of rotatable bonds is 4. The predicted molar refractivity (Wildman–Crippen MR) is 116 cm³/mol. The van der Waals surface area contributed by atoms with Gasteiger partial charge in [0.1, 0.15) is 4.90 Å². The van der Waals surface area contributed by atoms with Crippen molar-refractivity contribution in [1.82, 2.24) is 0 Å². The molecule has 5 nitrogen and oxygen atoms in total. The molecule has 4 rings (SSSR count). The van der Waals surface area contributed by atoms with Gasteiger partial charge in [-0.2, -0.15) is 0 Å². The van der Waals surface area contributed by atoms with E-state index in [-0.39, 0.29) is 15.3 Å². The highest BCUT2D eigenvalue weighted by atomic mass is 35.5. The Labute approximate surface area is 179 Å². The smallest absolute Gasteiger partial charge is 0.239 e. The van der Waals surface area contributed by atoms with Crippen LogP contribution < -0.4 is 10.3 Å². The fraction of sp³-hybridized carbons (Fsp3) is 0.0870. The average Bonchev–Trinajstić information content (AvgIpc) is 2.76. The zero-order valence-electron chi connectivity index (χ0n) is 16.3. The van der Waals surface area contributed by atoms with Crippen molar-refractivity contribution in [3.63, 3.8) is 0 Å². The second-order valence-corrected chi connectivity index (χ2v) is 8.98. The maximum Gasteiger partial charge on any atom is 0.239 e. The number of methoxy groups -OCH3 is 1. The fourth-order valence-corrected chi connectivity index (χ4v) is 4.58. The van der Waals surface area contributed by atoms with E-state index in [1.165, 1.54) is 19.2 Å². The van der Waals surface area contributed by atoms with Gasteiger partial charge in [-0.25, -0.2) is 13.4 Å². The molecule has 0 amide bonds. The third-order valence-electron chi connectivity index (χ3n) is 4.65. The molecule has 0 atom stereocenters. The van der Waals surface area contributed by atoms with Gasteiger partial charge in [0.2, 0.25) is 15.4 Å². The van der Waals surface area contributed by atoms with Crippen LogP contribution in [0.2, 0.25) is 5.02 Å². The van der Waals surface area contributed by atoms with Gasteiger partial charge in [0.25, 0.3) is 0 Å². The Bertz CT molecular complexity index is 1410. The van der Waals surface area contributed by atoms with Crippen LogP contribution in [-0.2, 0) is 9.84 Å². The van der Waals surface area contributed by atoms with Crippen molar-refractivity contribution in [3.8, 4) is 5.75 Å². The number of para-hydroxylation sites is 1. The Morgan fingerprint density at radius 1 is 0.967 bits per heavy atom. The van der Waals surface area contributed by atoms with Gasteiger partial charge in [0.05, 0.1) is 17.7 Å². The first-order valence-electron chi connectivity index (χ1n) is 9.12. The summed E-state index contributed by atoms with van der Waals surface area (Å²) in [5.74, 6) is 0.481. The second kappa shape index (κ2) is 7.97. The molecule has 0 N–H and O–H groups in total. The van der Waals surface area contributed by atoms with Gasteiger partial charge in [-0.15, -0.1) is 0 Å². The molecule has 0 saturated carbocycles. The van der Waals surface area contributed by atoms with E-state index in [4.69, 9.17) is 20.8 Å². The van der Waals surface area contributed by atoms with Crippen LogP contribution in [0.5, 0.6) is 5.75 Å². The van der Waals surface area contributed by atoms with Gasteiger partial charge in [-0.1, -0.05) is 48.0 Å². The minimum absolute atomic E-state index is 0.0360. The summed E-state index contributed by atoms with van der Waals surface area (Å²) in [6.07, 6.45) is 0. The van der Waals surface area contributed by atoms with Crippen molar-refractivity contribution in [3.05, 3.63) is 88.9 Å². The molecule has 0 bridgehead atoms. The number of nitrogens with zero attached hydrogens (tertiary/aromatic N) is 1. The quantitative estimate of drug-likeness (QED) is 0.423. The highest BCUT2D eigenvalue weighted by Crippen LogP contribution is 2.28. The lowest BCUT2D eigenvalue weighted by Crippen LogP contribution is -2.16. The monoisotopic (exact) mass is 439 g/mol. The molecule has 3 aromatic carbocycles. The van der Waals surface area contributed by atoms with E-state index in [0.29, 0.717) is 27.4 Å². The van der Waals surface area contributed by atoms with Gasteiger partial charge >= 0.3 is 0 Å². The van der Waals surface area contributed by atoms with Crippen LogP contribution >= 0.6 is 11.6 Å². The first-order chi connectivity index (χ1) is 14.4. The van der Waals surface area contributed by atoms with Crippen LogP contribution in [0.1, 0.15) is 5.56 Å². The molecule has 7 heteroatoms. The number of benzene rings is 3. The Kier molecular flexibility index (Phi) is 5.37. The number of hydrogen-bond donors (Lipinski definition) is 0. The lowest BCUT2D eigenvalue weighted by Gasteiger charge is -2.09. The van der Waals surface area contributed by atoms with Crippen LogP contribution in [-0.4, -0.2) is 15.5 Å². The largest absolute Gasteiger partial charge is 0.493 e. The molecule has 0 unspecified atom stereocenters. The Morgan fingerprint density at radius 2 is 1.73 bits per heavy atom. The topological polar surface area (TPSA) is 68.9 Å². The number of fused-ring (bicyclic) bond motifs is 1. The number of hydrogen-bond acceptors (Lipinski definition) is 5. The van der Waals surface area contributed by atoms with E-state index < -0.39 is 9.84 Å². The molecule has 30 heavy (non-hydrogen) atoms. The van der Waals surface area contributed by atoms with Gasteiger partial charge in [0, 0.05) is 10.4 Å². The molecule has 0 aliphatic heterocycles. The summed E-state index contributed by atoms with van der Waals surface area (Å²) in [5.41, 5.74) is 1.73. The summed E-state index contributed by atoms with van der Waals surface area (Å²) in [5, 5.41) is 1.12. The highest BCUT2D eigenvalue weighted by molar-refractivity contribution is 7.91. The number of aryl methyl sites for hydroxylation is 1. The van der Waals surface area contributed by atoms with Crippen LogP contribution in [0.3, 0.4) is 0 Å². The molecule has 0 radical (unpaired) electrons. The molecule has 152 valence electrons. The van der Waals surface area contributed by atoms with E-state index in [1.807, 2.05) is 13.0 Å². The Hall–Kier alpha value is -3.09. The highest BCUT2D eigenvalue weighted by Gasteiger charge is 2.23. The van der Waals surface area contributed by atoms with Gasteiger partial charge in [0.15, 0.2) is 11.3 Å². The molecular weight excluding hydrogens is 422 g/mol. The van der Waals surface area contributed by atoms with Crippen molar-refractivity contribution in [2.24, 2.45) is 4.99 Å². The van der Waals surface area contributed by atoms with Crippen molar-refractivity contribution < 1.29 is 17.6 Å². The lowest BCUT2D eigenvalue weighted by atomic mass is 10.2. The van der Waals surface area contributed by atoms with Crippen molar-refractivity contribution in [2.45, 2.75) is 16.7 Å². The molecule has 0 aliphatic carbocycles. The maximum absolute atomic E-state index is 13.4. The molecule has 0 aliphatic rings. The zero-order valence-corrected chi connectivity index (χ0v) is 17.9. The van der Waals surface area contributed by atoms with E-state index >= 15 is 0 Å². The van der Waals surface area contributed by atoms with Gasteiger partial charge in [-0.05, 0) is 48.9 Å². The van der Waals surface area contributed by atoms with Crippen molar-refractivity contribution in [2.75, 3.05) is 7.11 Å². The fourth-order valence-electron chi connectivity index (χ4n) is 3.03. The number of sulfone groups is 1. The summed E-state index contributed by atoms with van der Waals surface area (Å²) in [7, 11) is -2.36. The third-order valence-corrected chi connectivity index (χ3v) is 6.83. The van der Waals surface area contributed by atoms with Crippen molar-refractivity contribution in [1.29, 1.82) is 0 Å².